The molecule has 0 aliphatic carbocycles. The first-order valence-electron chi connectivity index (χ1n) is 9.14. The molecule has 1 aromatic carbocycles. The number of ether oxygens (including phenoxy) is 2. The third-order valence-corrected chi connectivity index (χ3v) is 5.29. The van der Waals surface area contributed by atoms with Crippen molar-refractivity contribution in [3.63, 3.8) is 0 Å². The van der Waals surface area contributed by atoms with Crippen LogP contribution in [0, 0.1) is 5.41 Å². The predicted molar refractivity (Wildman–Crippen MR) is 93.9 cm³/mol. The fourth-order valence-corrected chi connectivity index (χ4v) is 3.81. The topological polar surface area (TPSA) is 61.2 Å². The van der Waals surface area contributed by atoms with Gasteiger partial charge in [0.15, 0.2) is 0 Å². The Balaban J connectivity index is 1.24. The summed E-state index contributed by atoms with van der Waals surface area (Å²) in [4.78, 5) is 0. The molecule has 0 radical (unpaired) electrons. The second-order valence-corrected chi connectivity index (χ2v) is 7.27. The molecule has 2 aromatic rings. The lowest BCUT2D eigenvalue weighted by molar-refractivity contribution is 0.00633. The molecule has 0 bridgehead atoms. The highest BCUT2D eigenvalue weighted by molar-refractivity contribution is 5.14. The fourth-order valence-electron chi connectivity index (χ4n) is 3.81. The first-order valence-corrected chi connectivity index (χ1v) is 9.14. The first-order chi connectivity index (χ1) is 12.3. The van der Waals surface area contributed by atoms with Crippen LogP contribution in [0.1, 0.15) is 30.5 Å². The van der Waals surface area contributed by atoms with Gasteiger partial charge in [-0.1, -0.05) is 35.5 Å². The molecule has 1 spiro atoms. The van der Waals surface area contributed by atoms with Crippen molar-refractivity contribution < 1.29 is 9.47 Å². The van der Waals surface area contributed by atoms with E-state index in [9.17, 15) is 0 Å². The highest BCUT2D eigenvalue weighted by Crippen LogP contribution is 2.41. The molecule has 3 heterocycles. The van der Waals surface area contributed by atoms with E-state index >= 15 is 0 Å². The molecule has 0 saturated carbocycles. The molecule has 1 N–H and O–H groups in total. The van der Waals surface area contributed by atoms with Gasteiger partial charge in [0.05, 0.1) is 24.9 Å². The Labute approximate surface area is 148 Å². The van der Waals surface area contributed by atoms with Crippen LogP contribution in [-0.2, 0) is 29.1 Å². The number of hydrogen-bond acceptors (Lipinski definition) is 5. The lowest BCUT2D eigenvalue weighted by Crippen LogP contribution is -2.30. The third kappa shape index (κ3) is 4.26. The largest absolute Gasteiger partial charge is 0.381 e. The zero-order valence-corrected chi connectivity index (χ0v) is 14.6. The molecule has 2 aliphatic rings. The lowest BCUT2D eigenvalue weighted by Gasteiger charge is -2.31. The monoisotopic (exact) mass is 342 g/mol. The molecule has 1 unspecified atom stereocenters. The molecule has 6 heteroatoms. The normalized spacial score (nSPS) is 22.5. The number of rotatable bonds is 6. The van der Waals surface area contributed by atoms with Crippen LogP contribution in [0.4, 0.5) is 0 Å². The van der Waals surface area contributed by atoms with Gasteiger partial charge in [0, 0.05) is 37.9 Å². The molecule has 1 atom stereocenters. The summed E-state index contributed by atoms with van der Waals surface area (Å²) in [6.45, 7) is 4.95. The van der Waals surface area contributed by atoms with E-state index in [4.69, 9.17) is 9.47 Å². The highest BCUT2D eigenvalue weighted by atomic mass is 16.5. The van der Waals surface area contributed by atoms with E-state index in [1.165, 1.54) is 5.56 Å². The van der Waals surface area contributed by atoms with E-state index in [1.807, 2.05) is 16.9 Å². The maximum absolute atomic E-state index is 6.04. The zero-order valence-electron chi connectivity index (χ0n) is 14.6. The Bertz CT molecular complexity index is 667. The van der Waals surface area contributed by atoms with Crippen molar-refractivity contribution in [2.45, 2.75) is 45.0 Å². The van der Waals surface area contributed by atoms with E-state index in [0.29, 0.717) is 5.41 Å². The summed E-state index contributed by atoms with van der Waals surface area (Å²) in [5, 5.41) is 11.9. The van der Waals surface area contributed by atoms with Gasteiger partial charge in [-0.15, -0.1) is 5.10 Å². The third-order valence-electron chi connectivity index (χ3n) is 5.29. The Hall–Kier alpha value is -1.76. The van der Waals surface area contributed by atoms with Crippen LogP contribution >= 0.6 is 0 Å². The lowest BCUT2D eigenvalue weighted by atomic mass is 9.78. The molecule has 1 aromatic heterocycles. The molecule has 134 valence electrons. The van der Waals surface area contributed by atoms with Crippen molar-refractivity contribution in [1.82, 2.24) is 20.3 Å². The van der Waals surface area contributed by atoms with Crippen LogP contribution in [0.15, 0.2) is 36.5 Å². The Kier molecular flexibility index (Phi) is 5.10. The van der Waals surface area contributed by atoms with E-state index in [-0.39, 0.29) is 6.10 Å². The molecule has 2 aliphatic heterocycles. The zero-order chi connectivity index (χ0) is 17.0. The molecule has 2 saturated heterocycles. The van der Waals surface area contributed by atoms with Crippen LogP contribution < -0.4 is 5.32 Å². The van der Waals surface area contributed by atoms with Crippen molar-refractivity contribution in [2.75, 3.05) is 19.8 Å². The first kappa shape index (κ1) is 16.7. The van der Waals surface area contributed by atoms with Crippen LogP contribution in [0.2, 0.25) is 0 Å². The average Bonchev–Trinajstić information content (AvgIpc) is 3.24. The van der Waals surface area contributed by atoms with Crippen molar-refractivity contribution in [3.8, 4) is 0 Å². The van der Waals surface area contributed by atoms with E-state index in [0.717, 1.165) is 64.4 Å². The van der Waals surface area contributed by atoms with Crippen LogP contribution in [0.5, 0.6) is 0 Å². The number of aromatic nitrogens is 3. The molecular formula is C19H26N4O2. The van der Waals surface area contributed by atoms with E-state index in [2.05, 4.69) is 39.9 Å². The van der Waals surface area contributed by atoms with Crippen LogP contribution in [0.3, 0.4) is 0 Å². The van der Waals surface area contributed by atoms with E-state index in [1.54, 1.807) is 0 Å². The molecule has 2 fully saturated rings. The van der Waals surface area contributed by atoms with Gasteiger partial charge in [-0.25, -0.2) is 4.68 Å². The number of nitrogens with one attached hydrogen (secondary N) is 1. The highest BCUT2D eigenvalue weighted by Gasteiger charge is 2.41. The van der Waals surface area contributed by atoms with Gasteiger partial charge in [0.25, 0.3) is 0 Å². The molecule has 0 amide bonds. The molecule has 25 heavy (non-hydrogen) atoms. The number of nitrogens with zero attached hydrogens (tertiary/aromatic N) is 3. The summed E-state index contributed by atoms with van der Waals surface area (Å²) in [5.74, 6) is 0. The number of benzene rings is 1. The van der Waals surface area contributed by atoms with Crippen molar-refractivity contribution >= 4 is 0 Å². The average molecular weight is 342 g/mol. The van der Waals surface area contributed by atoms with Gasteiger partial charge in [0.1, 0.15) is 0 Å². The summed E-state index contributed by atoms with van der Waals surface area (Å²) in [6, 6.07) is 10.4. The van der Waals surface area contributed by atoms with Gasteiger partial charge in [-0.05, 0) is 24.8 Å². The summed E-state index contributed by atoms with van der Waals surface area (Å²) < 4.78 is 13.5. The molecule has 6 nitrogen and oxygen atoms in total. The maximum atomic E-state index is 6.04. The van der Waals surface area contributed by atoms with Crippen molar-refractivity contribution in [1.29, 1.82) is 0 Å². The Morgan fingerprint density at radius 3 is 2.84 bits per heavy atom. The van der Waals surface area contributed by atoms with Gasteiger partial charge >= 0.3 is 0 Å². The minimum atomic E-state index is 0.241. The van der Waals surface area contributed by atoms with Gasteiger partial charge in [0.2, 0.25) is 0 Å². The van der Waals surface area contributed by atoms with Crippen molar-refractivity contribution in [3.05, 3.63) is 47.8 Å². The standard InChI is InChI=1S/C19H26N4O2/c1-2-4-16(5-3-1)11-20-12-17-13-23(22-21-17)14-18-10-19(15-25-18)6-8-24-9-7-19/h1-5,13,18,20H,6-12,14-15H2. The van der Waals surface area contributed by atoms with Crippen LogP contribution in [0.25, 0.3) is 0 Å². The minimum Gasteiger partial charge on any atom is -0.381 e. The predicted octanol–water partition coefficient (Wildman–Crippen LogP) is 2.15. The van der Waals surface area contributed by atoms with Crippen molar-refractivity contribution in [2.24, 2.45) is 5.41 Å². The van der Waals surface area contributed by atoms with Gasteiger partial charge < -0.3 is 14.8 Å². The molecule has 4 rings (SSSR count). The maximum Gasteiger partial charge on any atom is 0.0964 e. The smallest absolute Gasteiger partial charge is 0.0964 e. The van der Waals surface area contributed by atoms with Gasteiger partial charge in [-0.2, -0.15) is 0 Å². The second-order valence-electron chi connectivity index (χ2n) is 7.27. The summed E-state index contributed by atoms with van der Waals surface area (Å²) in [7, 11) is 0. The summed E-state index contributed by atoms with van der Waals surface area (Å²) in [5.41, 5.74) is 2.58. The summed E-state index contributed by atoms with van der Waals surface area (Å²) in [6.07, 6.45) is 5.61. The van der Waals surface area contributed by atoms with Crippen LogP contribution in [-0.4, -0.2) is 40.9 Å². The Morgan fingerprint density at radius 1 is 1.16 bits per heavy atom. The fraction of sp³-hybridized carbons (Fsp3) is 0.579. The summed E-state index contributed by atoms with van der Waals surface area (Å²) >= 11 is 0. The Morgan fingerprint density at radius 2 is 2.00 bits per heavy atom. The minimum absolute atomic E-state index is 0.241. The van der Waals surface area contributed by atoms with Gasteiger partial charge in [-0.3, -0.25) is 0 Å². The SMILES string of the molecule is c1ccc(CNCc2cn(CC3CC4(CCOCC4)CO3)nn2)cc1. The van der Waals surface area contributed by atoms with E-state index < -0.39 is 0 Å². The quantitative estimate of drug-likeness (QED) is 0.872. The molecular weight excluding hydrogens is 316 g/mol. The second kappa shape index (κ2) is 7.64. The number of hydrogen-bond donors (Lipinski definition) is 1.